The van der Waals surface area contributed by atoms with Crippen molar-refractivity contribution in [1.82, 2.24) is 9.80 Å². The molecule has 184 valence electrons. The summed E-state index contributed by atoms with van der Waals surface area (Å²) in [6.45, 7) is 11.1. The lowest BCUT2D eigenvalue weighted by atomic mass is 9.90. The predicted molar refractivity (Wildman–Crippen MR) is 136 cm³/mol. The van der Waals surface area contributed by atoms with Crippen molar-refractivity contribution >= 4 is 5.70 Å². The van der Waals surface area contributed by atoms with Gasteiger partial charge in [-0.15, -0.1) is 0 Å². The summed E-state index contributed by atoms with van der Waals surface area (Å²) in [4.78, 5) is 4.20. The molecule has 2 aromatic carbocycles. The third-order valence-electron chi connectivity index (χ3n) is 7.26. The molecule has 4 rings (SSSR count). The Hall–Kier alpha value is -2.24. The van der Waals surface area contributed by atoms with Gasteiger partial charge in [0.25, 0.3) is 0 Å². The van der Waals surface area contributed by atoms with E-state index in [4.69, 9.17) is 0 Å². The van der Waals surface area contributed by atoms with Crippen LogP contribution in [0.25, 0.3) is 16.8 Å². The molecule has 2 aliphatic heterocycles. The van der Waals surface area contributed by atoms with Crippen molar-refractivity contribution < 1.29 is 13.9 Å². The number of hydrogen-bond donors (Lipinski definition) is 1. The number of aliphatic hydroxyl groups is 1. The second-order valence-corrected chi connectivity index (χ2v) is 10.7. The van der Waals surface area contributed by atoms with E-state index in [1.807, 2.05) is 11.0 Å². The van der Waals surface area contributed by atoms with Crippen LogP contribution in [-0.4, -0.2) is 59.4 Å². The molecule has 1 N–H and O–H groups in total. The van der Waals surface area contributed by atoms with Gasteiger partial charge in [0.15, 0.2) is 0 Å². The van der Waals surface area contributed by atoms with Gasteiger partial charge in [-0.05, 0) is 93.8 Å². The molecule has 0 spiro atoms. The number of nitrogens with zero attached hydrogens (tertiary/aromatic N) is 2. The fourth-order valence-electron chi connectivity index (χ4n) is 5.29. The van der Waals surface area contributed by atoms with Crippen LogP contribution < -0.4 is 0 Å². The van der Waals surface area contributed by atoms with Crippen LogP contribution in [-0.2, 0) is 6.42 Å². The number of aryl methyl sites for hydroxylation is 1. The number of alkyl halides is 1. The summed E-state index contributed by atoms with van der Waals surface area (Å²) < 4.78 is 28.8. The van der Waals surface area contributed by atoms with Gasteiger partial charge in [-0.25, -0.2) is 8.78 Å². The molecule has 34 heavy (non-hydrogen) atoms. The van der Waals surface area contributed by atoms with E-state index in [0.29, 0.717) is 43.2 Å². The monoisotopic (exact) mass is 468 g/mol. The average Bonchev–Trinajstić information content (AvgIpc) is 3.24. The highest BCUT2D eigenvalue weighted by Crippen LogP contribution is 2.29. The molecular formula is C29H38F2N2O. The highest BCUT2D eigenvalue weighted by Gasteiger charge is 2.25. The zero-order valence-corrected chi connectivity index (χ0v) is 20.6. The summed E-state index contributed by atoms with van der Waals surface area (Å²) in [5.74, 6) is 0.417. The number of piperidine rings is 1. The van der Waals surface area contributed by atoms with Crippen LogP contribution in [0.15, 0.2) is 49.0 Å². The molecule has 2 aliphatic rings. The van der Waals surface area contributed by atoms with Gasteiger partial charge in [-0.3, -0.25) is 0 Å². The fourth-order valence-corrected chi connectivity index (χ4v) is 5.29. The first-order valence-electron chi connectivity index (χ1n) is 12.6. The lowest BCUT2D eigenvalue weighted by molar-refractivity contribution is 0.0943. The second-order valence-electron chi connectivity index (χ2n) is 10.7. The Morgan fingerprint density at radius 2 is 1.71 bits per heavy atom. The summed E-state index contributed by atoms with van der Waals surface area (Å²) in [6, 6.07) is 13.7. The minimum atomic E-state index is -1.12. The minimum Gasteiger partial charge on any atom is -0.391 e. The van der Waals surface area contributed by atoms with Crippen molar-refractivity contribution in [1.29, 1.82) is 0 Å². The van der Waals surface area contributed by atoms with Crippen LogP contribution >= 0.6 is 0 Å². The van der Waals surface area contributed by atoms with E-state index in [9.17, 15) is 13.9 Å². The van der Waals surface area contributed by atoms with Crippen LogP contribution in [0.5, 0.6) is 0 Å². The molecular weight excluding hydrogens is 430 g/mol. The zero-order chi connectivity index (χ0) is 24.3. The summed E-state index contributed by atoms with van der Waals surface area (Å²) in [6.07, 6.45) is 4.81. The lowest BCUT2D eigenvalue weighted by Crippen LogP contribution is -2.41. The molecule has 2 saturated heterocycles. The molecule has 0 saturated carbocycles. The smallest absolute Gasteiger partial charge is 0.133 e. The van der Waals surface area contributed by atoms with Gasteiger partial charge < -0.3 is 14.9 Å². The first-order chi connectivity index (χ1) is 16.2. The van der Waals surface area contributed by atoms with E-state index < -0.39 is 5.67 Å². The number of β-amino-alcohol motifs (C(OH)–C–C–N with tert-alkyl or cyclic N) is 1. The second kappa shape index (κ2) is 10.6. The zero-order valence-electron chi connectivity index (χ0n) is 20.6. The SMILES string of the molecule is C=C(c1ccc(-c2ccc(CCC3CCN(CC(C)(C)F)CC3)cc2)cc1F)N1CCC(O)C1. The minimum absolute atomic E-state index is 0.282. The molecule has 0 amide bonds. The van der Waals surface area contributed by atoms with Crippen LogP contribution in [0.4, 0.5) is 8.78 Å². The largest absolute Gasteiger partial charge is 0.391 e. The molecule has 2 heterocycles. The maximum absolute atomic E-state index is 14.9. The van der Waals surface area contributed by atoms with E-state index in [2.05, 4.69) is 35.7 Å². The maximum Gasteiger partial charge on any atom is 0.133 e. The fraction of sp³-hybridized carbons (Fsp3) is 0.517. The van der Waals surface area contributed by atoms with Crippen molar-refractivity contribution in [2.45, 2.75) is 57.7 Å². The van der Waals surface area contributed by atoms with Crippen molar-refractivity contribution in [2.75, 3.05) is 32.7 Å². The van der Waals surface area contributed by atoms with Crippen LogP contribution in [0, 0.1) is 11.7 Å². The molecule has 0 aliphatic carbocycles. The van der Waals surface area contributed by atoms with Crippen LogP contribution in [0.2, 0.25) is 0 Å². The Bertz CT molecular complexity index is 975. The topological polar surface area (TPSA) is 26.7 Å². The van der Waals surface area contributed by atoms with E-state index >= 15 is 0 Å². The van der Waals surface area contributed by atoms with Crippen LogP contribution in [0.3, 0.4) is 0 Å². The molecule has 1 unspecified atom stereocenters. The van der Waals surface area contributed by atoms with Gasteiger partial charge in [0.05, 0.1) is 6.10 Å². The normalized spacial score (nSPS) is 20.1. The number of benzene rings is 2. The molecule has 2 aromatic rings. The highest BCUT2D eigenvalue weighted by atomic mass is 19.1. The van der Waals surface area contributed by atoms with E-state index in [1.165, 1.54) is 5.56 Å². The van der Waals surface area contributed by atoms with Crippen molar-refractivity contribution in [3.8, 4) is 11.1 Å². The van der Waals surface area contributed by atoms with Crippen molar-refractivity contribution in [3.05, 3.63) is 66.0 Å². The third-order valence-corrected chi connectivity index (χ3v) is 7.26. The molecule has 5 heteroatoms. The predicted octanol–water partition coefficient (Wildman–Crippen LogP) is 5.92. The number of aliphatic hydroxyl groups excluding tert-OH is 1. The third kappa shape index (κ3) is 6.45. The highest BCUT2D eigenvalue weighted by molar-refractivity contribution is 5.69. The van der Waals surface area contributed by atoms with E-state index in [1.54, 1.807) is 26.0 Å². The Balaban J connectivity index is 1.30. The van der Waals surface area contributed by atoms with Crippen molar-refractivity contribution in [2.24, 2.45) is 5.92 Å². The number of halogens is 2. The summed E-state index contributed by atoms with van der Waals surface area (Å²) >= 11 is 0. The summed E-state index contributed by atoms with van der Waals surface area (Å²) in [5, 5.41) is 9.75. The van der Waals surface area contributed by atoms with Gasteiger partial charge >= 0.3 is 0 Å². The summed E-state index contributed by atoms with van der Waals surface area (Å²) in [5.41, 5.74) is 3.16. The lowest BCUT2D eigenvalue weighted by Gasteiger charge is -2.34. The number of rotatable bonds is 8. The number of hydrogen-bond acceptors (Lipinski definition) is 3. The molecule has 1 atom stereocenters. The Morgan fingerprint density at radius 1 is 1.03 bits per heavy atom. The number of likely N-dealkylation sites (tertiary alicyclic amines) is 2. The van der Waals surface area contributed by atoms with E-state index in [-0.39, 0.29) is 11.9 Å². The average molecular weight is 469 g/mol. The Morgan fingerprint density at radius 3 is 2.29 bits per heavy atom. The summed E-state index contributed by atoms with van der Waals surface area (Å²) in [7, 11) is 0. The first-order valence-corrected chi connectivity index (χ1v) is 12.6. The Kier molecular flexibility index (Phi) is 7.73. The van der Waals surface area contributed by atoms with Gasteiger partial charge in [-0.1, -0.05) is 36.9 Å². The van der Waals surface area contributed by atoms with Gasteiger partial charge in [0.1, 0.15) is 11.5 Å². The molecule has 3 nitrogen and oxygen atoms in total. The molecule has 0 radical (unpaired) electrons. The van der Waals surface area contributed by atoms with Crippen LogP contribution in [0.1, 0.15) is 50.7 Å². The molecule has 2 fully saturated rings. The van der Waals surface area contributed by atoms with Gasteiger partial charge in [0.2, 0.25) is 0 Å². The maximum atomic E-state index is 14.9. The van der Waals surface area contributed by atoms with Crippen molar-refractivity contribution in [3.63, 3.8) is 0 Å². The quantitative estimate of drug-likeness (QED) is 0.521. The molecule has 0 bridgehead atoms. The first kappa shape index (κ1) is 24.9. The van der Waals surface area contributed by atoms with Gasteiger partial charge in [0, 0.05) is 30.9 Å². The van der Waals surface area contributed by atoms with Gasteiger partial charge in [-0.2, -0.15) is 0 Å². The van der Waals surface area contributed by atoms with E-state index in [0.717, 1.165) is 49.9 Å². The Labute approximate surface area is 203 Å². The molecule has 0 aromatic heterocycles. The standard InChI is InChI=1S/C29H38F2N2O/c1-21(33-17-14-26(34)19-33)27-11-10-25(18-28(27)30)24-8-6-22(7-9-24)4-5-23-12-15-32(16-13-23)20-29(2,3)31/h6-11,18,23,26,34H,1,4-5,12-17,19-20H2,2-3H3.